The smallest absolute Gasteiger partial charge is 0.473 e. The Morgan fingerprint density at radius 2 is 1.78 bits per heavy atom. The lowest BCUT2D eigenvalue weighted by Gasteiger charge is -2.17. The van der Waals surface area contributed by atoms with Crippen LogP contribution in [0.3, 0.4) is 0 Å². The Kier molecular flexibility index (Phi) is 5.73. The lowest BCUT2D eigenvalue weighted by atomic mass is 10.5. The molecule has 0 fully saturated rings. The van der Waals surface area contributed by atoms with E-state index in [4.69, 9.17) is 23.4 Å². The van der Waals surface area contributed by atoms with Gasteiger partial charge in [-0.1, -0.05) is 0 Å². The van der Waals surface area contributed by atoms with E-state index in [-0.39, 0.29) is 12.0 Å². The lowest BCUT2D eigenvalue weighted by molar-refractivity contribution is -2.00. The molecule has 1 heterocycles. The molecule has 0 aliphatic carbocycles. The van der Waals surface area contributed by atoms with Crippen molar-refractivity contribution in [1.82, 2.24) is 4.90 Å². The fourth-order valence-electron chi connectivity index (χ4n) is 1.46. The second-order valence-corrected chi connectivity index (χ2v) is 4.22. The van der Waals surface area contributed by atoms with Gasteiger partial charge in [0, 0.05) is 14.0 Å². The molecule has 0 bridgehead atoms. The number of ether oxygens (including phenoxy) is 1. The number of hydrogen-bond donors (Lipinski definition) is 1. The van der Waals surface area contributed by atoms with Crippen molar-refractivity contribution in [3.8, 4) is 0 Å². The van der Waals surface area contributed by atoms with E-state index in [1.165, 1.54) is 7.11 Å². The van der Waals surface area contributed by atoms with Crippen LogP contribution in [0.1, 0.15) is 6.92 Å². The van der Waals surface area contributed by atoms with Crippen molar-refractivity contribution in [2.45, 2.75) is 13.1 Å². The van der Waals surface area contributed by atoms with Gasteiger partial charge in [-0.05, 0) is 0 Å². The molecule has 0 radical (unpaired) electrons. The topological polar surface area (TPSA) is 152 Å². The number of rotatable bonds is 2. The van der Waals surface area contributed by atoms with E-state index in [2.05, 4.69) is 0 Å². The summed E-state index contributed by atoms with van der Waals surface area (Å²) in [4.78, 5) is 12.8. The highest BCUT2D eigenvalue weighted by atomic mass is 35.7. The van der Waals surface area contributed by atoms with Gasteiger partial charge in [-0.25, -0.2) is 23.5 Å². The Morgan fingerprint density at radius 1 is 1.39 bits per heavy atom. The van der Waals surface area contributed by atoms with Gasteiger partial charge >= 0.3 is 11.7 Å². The minimum Gasteiger partial charge on any atom is -0.473 e. The third kappa shape index (κ3) is 4.60. The molecule has 1 N–H and O–H groups in total. The van der Waals surface area contributed by atoms with Crippen LogP contribution in [0, 0.1) is 20.4 Å². The first-order chi connectivity index (χ1) is 8.00. The molecule has 0 amide bonds. The Balaban J connectivity index is 0.000000494. The van der Waals surface area contributed by atoms with Crippen LogP contribution in [0.15, 0.2) is 11.7 Å². The van der Waals surface area contributed by atoms with Crippen molar-refractivity contribution >= 4 is 0 Å². The van der Waals surface area contributed by atoms with Crippen LogP contribution in [0.25, 0.3) is 0 Å². The van der Waals surface area contributed by atoms with Gasteiger partial charge in [-0.15, -0.1) is 10.2 Å². The first kappa shape index (κ1) is 16.8. The summed E-state index contributed by atoms with van der Waals surface area (Å²) in [5.41, 5.74) is 0. The molecule has 10 nitrogen and oxygen atoms in total. The van der Waals surface area contributed by atoms with Gasteiger partial charge in [0.2, 0.25) is 0 Å². The maximum Gasteiger partial charge on any atom is 0.488 e. The summed E-state index contributed by atoms with van der Waals surface area (Å²) in [6.07, 6.45) is 0.0374. The second-order valence-electron chi connectivity index (χ2n) is 3.46. The zero-order chi connectivity index (χ0) is 14.7. The monoisotopic (exact) mass is 287 g/mol. The normalized spacial score (nSPS) is 23.7. The molecule has 2 unspecified atom stereocenters. The molecule has 0 spiro atoms. The van der Waals surface area contributed by atoms with Gasteiger partial charge in [0.05, 0.1) is 14.2 Å². The summed E-state index contributed by atoms with van der Waals surface area (Å²) >= 11 is 0. The molecule has 106 valence electrons. The number of halogens is 1. The van der Waals surface area contributed by atoms with Crippen molar-refractivity contribution in [1.29, 1.82) is 0 Å². The lowest BCUT2D eigenvalue weighted by Crippen LogP contribution is -3.11. The number of quaternary nitrogens is 1. The molecule has 1 aliphatic heterocycles. The molecule has 1 aliphatic rings. The third-order valence-corrected chi connectivity index (χ3v) is 2.48. The number of hydrogen-bond acceptors (Lipinski definition) is 8. The van der Waals surface area contributed by atoms with Gasteiger partial charge in [0.15, 0.2) is 6.17 Å². The minimum absolute atomic E-state index is 0.0374. The fourth-order valence-corrected chi connectivity index (χ4v) is 1.46. The quantitative estimate of drug-likeness (QED) is 0.389. The summed E-state index contributed by atoms with van der Waals surface area (Å²) in [6.45, 7) is 1.91. The molecule has 0 aromatic heterocycles. The van der Waals surface area contributed by atoms with E-state index < -0.39 is 15.2 Å². The van der Waals surface area contributed by atoms with Gasteiger partial charge < -0.3 is 4.74 Å². The standard InChI is InChI=1S/C7H13N3O3.ClHO4/c1-5-8(2)6(10(11)12)7(13-4)9(5)3;2-1(3,4)5/h5H,1-4H3;(H,2,3,4,5). The van der Waals surface area contributed by atoms with Crippen LogP contribution in [-0.4, -0.2) is 37.2 Å². The van der Waals surface area contributed by atoms with Gasteiger partial charge in [-0.2, -0.15) is 0 Å². The summed E-state index contributed by atoms with van der Waals surface area (Å²) in [5.74, 6) is 0.438. The third-order valence-electron chi connectivity index (χ3n) is 2.48. The van der Waals surface area contributed by atoms with Crippen LogP contribution >= 0.6 is 0 Å². The fraction of sp³-hybridized carbons (Fsp3) is 0.714. The van der Waals surface area contributed by atoms with E-state index in [9.17, 15) is 10.1 Å². The highest BCUT2D eigenvalue weighted by Crippen LogP contribution is 2.13. The van der Waals surface area contributed by atoms with Crippen LogP contribution in [0.4, 0.5) is 0 Å². The van der Waals surface area contributed by atoms with Crippen molar-refractivity contribution in [3.05, 3.63) is 21.8 Å². The Labute approximate surface area is 105 Å². The van der Waals surface area contributed by atoms with E-state index in [1.54, 1.807) is 19.0 Å². The predicted molar refractivity (Wildman–Crippen MR) is 45.1 cm³/mol. The minimum atomic E-state index is -4.94. The van der Waals surface area contributed by atoms with Crippen molar-refractivity contribution in [3.63, 3.8) is 0 Å². The number of methoxy groups -OCH3 is 1. The number of nitro groups is 1. The summed E-state index contributed by atoms with van der Waals surface area (Å²) in [5, 5.41) is 10.7. The largest absolute Gasteiger partial charge is 0.488 e. The van der Waals surface area contributed by atoms with Gasteiger partial charge in [0.1, 0.15) is 4.92 Å². The Hall–Kier alpha value is -1.17. The molecule has 18 heavy (non-hydrogen) atoms. The number of nitrogens with one attached hydrogen (secondary N) is 1. The first-order valence-corrected chi connectivity index (χ1v) is 5.85. The Morgan fingerprint density at radius 3 is 2.00 bits per heavy atom. The van der Waals surface area contributed by atoms with Gasteiger partial charge in [0.25, 0.3) is 0 Å². The van der Waals surface area contributed by atoms with Crippen LogP contribution < -0.4 is 23.5 Å². The van der Waals surface area contributed by atoms with E-state index in [0.29, 0.717) is 5.88 Å². The van der Waals surface area contributed by atoms with Gasteiger partial charge in [-0.3, -0.25) is 15.0 Å². The molecule has 11 heteroatoms. The molecule has 0 aromatic carbocycles. The molecular weight excluding hydrogens is 274 g/mol. The maximum atomic E-state index is 10.7. The Bertz CT molecular complexity index is 336. The maximum absolute atomic E-state index is 10.7. The number of nitrogens with zero attached hydrogens (tertiary/aromatic N) is 2. The van der Waals surface area contributed by atoms with Crippen LogP contribution in [0.2, 0.25) is 0 Å². The molecule has 1 rings (SSSR count). The van der Waals surface area contributed by atoms with Crippen molar-refractivity contribution in [2.24, 2.45) is 0 Å². The zero-order valence-corrected chi connectivity index (χ0v) is 11.0. The average molecular weight is 288 g/mol. The van der Waals surface area contributed by atoms with Crippen molar-refractivity contribution < 1.29 is 43.4 Å². The highest BCUT2D eigenvalue weighted by Gasteiger charge is 2.45. The average Bonchev–Trinajstić information content (AvgIpc) is 2.39. The van der Waals surface area contributed by atoms with Crippen LogP contribution in [-0.2, 0) is 4.74 Å². The summed E-state index contributed by atoms with van der Waals surface area (Å²) in [7, 11) is 0.0372. The molecule has 2 atom stereocenters. The molecule has 0 aromatic rings. The van der Waals surface area contributed by atoms with Crippen LogP contribution in [0.5, 0.6) is 0 Å². The molecule has 0 saturated carbocycles. The van der Waals surface area contributed by atoms with E-state index >= 15 is 0 Å². The first-order valence-electron chi connectivity index (χ1n) is 4.61. The summed E-state index contributed by atoms with van der Waals surface area (Å²) in [6, 6.07) is 0. The van der Waals surface area contributed by atoms with Crippen molar-refractivity contribution in [2.75, 3.05) is 21.2 Å². The second kappa shape index (κ2) is 6.13. The molecule has 0 saturated heterocycles. The predicted octanol–water partition coefficient (Wildman–Crippen LogP) is -5.91. The molecular formula is C7H14ClN3O7. The highest BCUT2D eigenvalue weighted by molar-refractivity contribution is 4.96. The van der Waals surface area contributed by atoms with E-state index in [0.717, 1.165) is 4.90 Å². The SMILES string of the molecule is COC1=C([N+](=O)[O-])[NH+](C)C(C)N1C.[O-][Cl+3]([O-])([O-])[O-]. The van der Waals surface area contributed by atoms with E-state index in [1.807, 2.05) is 6.92 Å². The zero-order valence-electron chi connectivity index (χ0n) is 10.2. The summed E-state index contributed by atoms with van der Waals surface area (Å²) < 4.78 is 39.0.